The largest absolute Gasteiger partial charge is 0.349 e. The lowest BCUT2D eigenvalue weighted by atomic mass is 9.79. The average molecular weight is 291 g/mol. The van der Waals surface area contributed by atoms with Crippen LogP contribution in [0.5, 0.6) is 0 Å². The summed E-state index contributed by atoms with van der Waals surface area (Å²) in [5, 5.41) is 13.1. The topological polar surface area (TPSA) is 73.9 Å². The molecule has 1 aliphatic carbocycles. The van der Waals surface area contributed by atoms with Gasteiger partial charge in [-0.1, -0.05) is 25.7 Å². The Labute approximate surface area is 125 Å². The summed E-state index contributed by atoms with van der Waals surface area (Å²) in [5.74, 6) is -0.120. The number of aromatic nitrogens is 3. The number of aromatic amines is 1. The molecular formula is C15H25N5O. The first kappa shape index (κ1) is 14.5. The van der Waals surface area contributed by atoms with Crippen LogP contribution in [-0.4, -0.2) is 51.4 Å². The van der Waals surface area contributed by atoms with Gasteiger partial charge in [0, 0.05) is 12.1 Å². The van der Waals surface area contributed by atoms with E-state index in [1.54, 1.807) is 0 Å². The van der Waals surface area contributed by atoms with Gasteiger partial charge in [0.25, 0.3) is 5.91 Å². The van der Waals surface area contributed by atoms with E-state index in [-0.39, 0.29) is 11.4 Å². The second-order valence-electron chi connectivity index (χ2n) is 6.37. The minimum atomic E-state index is -0.120. The van der Waals surface area contributed by atoms with E-state index >= 15 is 0 Å². The molecule has 3 rings (SSSR count). The maximum Gasteiger partial charge on any atom is 0.273 e. The Morgan fingerprint density at radius 2 is 1.90 bits per heavy atom. The lowest BCUT2D eigenvalue weighted by molar-refractivity contribution is 0.0326. The molecule has 2 aliphatic rings. The minimum Gasteiger partial charge on any atom is -0.349 e. The summed E-state index contributed by atoms with van der Waals surface area (Å²) >= 11 is 0. The molecule has 0 aromatic carbocycles. The Bertz CT molecular complexity index is 447. The summed E-state index contributed by atoms with van der Waals surface area (Å²) in [6.07, 6.45) is 11.7. The molecule has 116 valence electrons. The minimum absolute atomic E-state index is 0.120. The third-order valence-corrected chi connectivity index (χ3v) is 5.04. The highest BCUT2D eigenvalue weighted by Crippen LogP contribution is 2.35. The highest BCUT2D eigenvalue weighted by molar-refractivity contribution is 5.91. The van der Waals surface area contributed by atoms with Gasteiger partial charge in [0.1, 0.15) is 0 Å². The van der Waals surface area contributed by atoms with Crippen molar-refractivity contribution in [2.75, 3.05) is 19.6 Å². The Kier molecular flexibility index (Phi) is 4.53. The van der Waals surface area contributed by atoms with Gasteiger partial charge in [0.05, 0.1) is 6.20 Å². The third-order valence-electron chi connectivity index (χ3n) is 5.04. The van der Waals surface area contributed by atoms with Gasteiger partial charge in [-0.05, 0) is 38.8 Å². The zero-order chi connectivity index (χ0) is 14.5. The summed E-state index contributed by atoms with van der Waals surface area (Å²) in [6, 6.07) is 0. The van der Waals surface area contributed by atoms with Gasteiger partial charge in [-0.15, -0.1) is 0 Å². The van der Waals surface area contributed by atoms with E-state index in [9.17, 15) is 4.79 Å². The zero-order valence-corrected chi connectivity index (χ0v) is 12.6. The molecule has 2 fully saturated rings. The molecule has 21 heavy (non-hydrogen) atoms. The zero-order valence-electron chi connectivity index (χ0n) is 12.6. The van der Waals surface area contributed by atoms with Crippen LogP contribution in [0.15, 0.2) is 6.20 Å². The molecule has 1 aromatic heterocycles. The maximum atomic E-state index is 12.1. The molecule has 1 aliphatic heterocycles. The number of nitrogens with one attached hydrogen (secondary N) is 2. The van der Waals surface area contributed by atoms with Crippen LogP contribution in [0.25, 0.3) is 0 Å². The second-order valence-corrected chi connectivity index (χ2v) is 6.37. The highest BCUT2D eigenvalue weighted by atomic mass is 16.2. The van der Waals surface area contributed by atoms with E-state index in [1.165, 1.54) is 70.7 Å². The summed E-state index contributed by atoms with van der Waals surface area (Å²) < 4.78 is 0. The number of rotatable bonds is 4. The molecule has 0 unspecified atom stereocenters. The number of likely N-dealkylation sites (tertiary alicyclic amines) is 1. The molecule has 2 N–H and O–H groups in total. The van der Waals surface area contributed by atoms with E-state index in [4.69, 9.17) is 0 Å². The van der Waals surface area contributed by atoms with Crippen LogP contribution >= 0.6 is 0 Å². The molecule has 6 heteroatoms. The maximum absolute atomic E-state index is 12.1. The van der Waals surface area contributed by atoms with Gasteiger partial charge in [0.2, 0.25) is 0 Å². The van der Waals surface area contributed by atoms with Crippen LogP contribution in [0.2, 0.25) is 0 Å². The molecule has 1 saturated carbocycles. The van der Waals surface area contributed by atoms with E-state index in [2.05, 4.69) is 25.6 Å². The second kappa shape index (κ2) is 6.56. The van der Waals surface area contributed by atoms with Crippen molar-refractivity contribution in [3.8, 4) is 0 Å². The number of nitrogens with zero attached hydrogens (tertiary/aromatic N) is 3. The molecule has 0 spiro atoms. The van der Waals surface area contributed by atoms with Crippen molar-refractivity contribution in [2.24, 2.45) is 0 Å². The average Bonchev–Trinajstić information content (AvgIpc) is 3.09. The normalized spacial score (nSPS) is 22.9. The van der Waals surface area contributed by atoms with Crippen LogP contribution in [0, 0.1) is 0 Å². The number of H-pyrrole nitrogens is 1. The van der Waals surface area contributed by atoms with Gasteiger partial charge in [-0.25, -0.2) is 0 Å². The van der Waals surface area contributed by atoms with Crippen molar-refractivity contribution < 1.29 is 4.79 Å². The lowest BCUT2D eigenvalue weighted by Crippen LogP contribution is -2.58. The van der Waals surface area contributed by atoms with Crippen LogP contribution < -0.4 is 5.32 Å². The predicted octanol–water partition coefficient (Wildman–Crippen LogP) is 1.72. The summed E-state index contributed by atoms with van der Waals surface area (Å²) in [5.41, 5.74) is 0.539. The lowest BCUT2D eigenvalue weighted by Gasteiger charge is -2.48. The standard InChI is InChI=1S/C15H25N5O/c21-14(13-11-17-19-18-13)16-12-15(7-3-1-4-8-15)20-9-5-2-6-10-20/h11H,1-10,12H2,(H,16,21)(H,17,18,19). The van der Waals surface area contributed by atoms with Gasteiger partial charge in [0.15, 0.2) is 5.69 Å². The molecule has 1 aromatic rings. The van der Waals surface area contributed by atoms with E-state index in [0.717, 1.165) is 6.54 Å². The number of hydrogen-bond acceptors (Lipinski definition) is 4. The smallest absolute Gasteiger partial charge is 0.273 e. The molecule has 0 radical (unpaired) electrons. The fourth-order valence-electron chi connectivity index (χ4n) is 3.83. The van der Waals surface area contributed by atoms with Crippen molar-refractivity contribution in [1.29, 1.82) is 0 Å². The first-order valence-electron chi connectivity index (χ1n) is 8.19. The number of carbonyl (C=O) groups excluding carboxylic acids is 1. The highest BCUT2D eigenvalue weighted by Gasteiger charge is 2.38. The molecule has 6 nitrogen and oxygen atoms in total. The van der Waals surface area contributed by atoms with E-state index in [1.807, 2.05) is 0 Å². The fraction of sp³-hybridized carbons (Fsp3) is 0.800. The number of hydrogen-bond donors (Lipinski definition) is 2. The van der Waals surface area contributed by atoms with Crippen molar-refractivity contribution in [1.82, 2.24) is 25.6 Å². The quantitative estimate of drug-likeness (QED) is 0.886. The molecule has 0 atom stereocenters. The molecule has 0 bridgehead atoms. The first-order valence-corrected chi connectivity index (χ1v) is 8.19. The van der Waals surface area contributed by atoms with Gasteiger partial charge in [-0.2, -0.15) is 15.4 Å². The van der Waals surface area contributed by atoms with Gasteiger partial charge >= 0.3 is 0 Å². The SMILES string of the molecule is O=C(NCC1(N2CCCCC2)CCCCC1)c1cn[nH]n1. The van der Waals surface area contributed by atoms with Crippen molar-refractivity contribution >= 4 is 5.91 Å². The fourth-order valence-corrected chi connectivity index (χ4v) is 3.83. The predicted molar refractivity (Wildman–Crippen MR) is 80.0 cm³/mol. The van der Waals surface area contributed by atoms with Crippen LogP contribution in [-0.2, 0) is 0 Å². The molecule has 1 amide bonds. The van der Waals surface area contributed by atoms with Gasteiger partial charge < -0.3 is 5.32 Å². The number of carbonyl (C=O) groups is 1. The van der Waals surface area contributed by atoms with Crippen LogP contribution in [0.3, 0.4) is 0 Å². The third kappa shape index (κ3) is 3.26. The Morgan fingerprint density at radius 1 is 1.19 bits per heavy atom. The molecular weight excluding hydrogens is 266 g/mol. The van der Waals surface area contributed by atoms with E-state index in [0.29, 0.717) is 5.69 Å². The number of piperidine rings is 1. The van der Waals surface area contributed by atoms with Crippen molar-refractivity contribution in [3.05, 3.63) is 11.9 Å². The van der Waals surface area contributed by atoms with Crippen LogP contribution in [0.4, 0.5) is 0 Å². The Balaban J connectivity index is 1.65. The Morgan fingerprint density at radius 3 is 2.57 bits per heavy atom. The summed E-state index contributed by atoms with van der Waals surface area (Å²) in [7, 11) is 0. The van der Waals surface area contributed by atoms with Gasteiger partial charge in [-0.3, -0.25) is 9.69 Å². The van der Waals surface area contributed by atoms with Crippen LogP contribution in [0.1, 0.15) is 61.9 Å². The first-order chi connectivity index (χ1) is 10.3. The summed E-state index contributed by atoms with van der Waals surface area (Å²) in [6.45, 7) is 3.10. The molecule has 1 saturated heterocycles. The van der Waals surface area contributed by atoms with E-state index < -0.39 is 0 Å². The molecule has 2 heterocycles. The monoisotopic (exact) mass is 291 g/mol. The summed E-state index contributed by atoms with van der Waals surface area (Å²) in [4.78, 5) is 14.8. The van der Waals surface area contributed by atoms with Crippen molar-refractivity contribution in [2.45, 2.75) is 56.9 Å². The number of amides is 1. The van der Waals surface area contributed by atoms with Crippen molar-refractivity contribution in [3.63, 3.8) is 0 Å². The Hall–Kier alpha value is -1.43.